The molecule has 0 saturated heterocycles. The van der Waals surface area contributed by atoms with Crippen LogP contribution in [0.2, 0.25) is 0 Å². The number of hydrogen-bond donors (Lipinski definition) is 2. The van der Waals surface area contributed by atoms with Gasteiger partial charge in [-0.2, -0.15) is 8.78 Å². The molecule has 0 aromatic rings. The van der Waals surface area contributed by atoms with Crippen molar-refractivity contribution in [1.29, 1.82) is 0 Å². The molecule has 7 heteroatoms. The van der Waals surface area contributed by atoms with Gasteiger partial charge in [0.2, 0.25) is 5.88 Å². The van der Waals surface area contributed by atoms with Crippen molar-refractivity contribution in [2.75, 3.05) is 0 Å². The van der Waals surface area contributed by atoms with Crippen LogP contribution in [0.15, 0.2) is 21.6 Å². The molecule has 0 aromatic heterocycles. The van der Waals surface area contributed by atoms with Gasteiger partial charge in [0, 0.05) is 0 Å². The Morgan fingerprint density at radius 3 is 2.33 bits per heavy atom. The fraction of sp³-hybridized carbons (Fsp3) is 0.200. The fourth-order valence-corrected chi connectivity index (χ4v) is 0.925. The summed E-state index contributed by atoms with van der Waals surface area (Å²) in [5, 5.41) is -0.0947. The molecule has 0 fully saturated rings. The molecule has 0 saturated carbocycles. The maximum absolute atomic E-state index is 11.5. The van der Waals surface area contributed by atoms with Gasteiger partial charge in [-0.05, 0) is 22.0 Å². The molecule has 0 unspecified atom stereocenters. The van der Waals surface area contributed by atoms with Gasteiger partial charge in [-0.1, -0.05) is 11.6 Å². The summed E-state index contributed by atoms with van der Waals surface area (Å²) in [6.45, 7) is -2.97. The monoisotopic (exact) mass is 262 g/mol. The highest BCUT2D eigenvalue weighted by molar-refractivity contribution is 9.11. The van der Waals surface area contributed by atoms with E-state index in [-0.39, 0.29) is 9.64 Å². The van der Waals surface area contributed by atoms with Crippen LogP contribution in [0.5, 0.6) is 0 Å². The van der Waals surface area contributed by atoms with Crippen LogP contribution in [0.3, 0.4) is 0 Å². The molecule has 0 aliphatic heterocycles. The number of alkyl halides is 2. The summed E-state index contributed by atoms with van der Waals surface area (Å²) in [5.41, 5.74) is 10.1. The third kappa shape index (κ3) is 5.20. The zero-order chi connectivity index (χ0) is 9.72. The van der Waals surface area contributed by atoms with E-state index >= 15 is 0 Å². The third-order valence-corrected chi connectivity index (χ3v) is 1.44. The number of nitrogens with two attached hydrogens (primary N) is 2. The molecule has 0 amide bonds. The highest BCUT2D eigenvalue weighted by Gasteiger charge is 2.06. The zero-order valence-electron chi connectivity index (χ0n) is 5.73. The van der Waals surface area contributed by atoms with Crippen LogP contribution >= 0.6 is 27.5 Å². The summed E-state index contributed by atoms with van der Waals surface area (Å²) in [6.07, 6.45) is 1.14. The Hall–Kier alpha value is -0.490. The largest absolute Gasteiger partial charge is 0.418 e. The molecule has 0 aliphatic rings. The minimum atomic E-state index is -2.97. The van der Waals surface area contributed by atoms with Crippen molar-refractivity contribution in [3.05, 3.63) is 21.6 Å². The summed E-state index contributed by atoms with van der Waals surface area (Å²) in [7, 11) is 0. The van der Waals surface area contributed by atoms with Gasteiger partial charge in [0.25, 0.3) is 0 Å². The van der Waals surface area contributed by atoms with E-state index < -0.39 is 12.5 Å². The predicted octanol–water partition coefficient (Wildman–Crippen LogP) is 1.79. The molecule has 0 rings (SSSR count). The number of halogens is 4. The van der Waals surface area contributed by atoms with Crippen molar-refractivity contribution >= 4 is 27.5 Å². The van der Waals surface area contributed by atoms with Crippen molar-refractivity contribution < 1.29 is 13.5 Å². The minimum Gasteiger partial charge on any atom is -0.418 e. The second kappa shape index (κ2) is 5.21. The van der Waals surface area contributed by atoms with E-state index in [1.165, 1.54) is 0 Å². The second-order valence-electron chi connectivity index (χ2n) is 1.62. The topological polar surface area (TPSA) is 61.3 Å². The minimum absolute atomic E-state index is 0.0651. The number of allylic oxidation sites excluding steroid dienone is 2. The van der Waals surface area contributed by atoms with Gasteiger partial charge in [0.1, 0.15) is 5.16 Å². The molecule has 12 heavy (non-hydrogen) atoms. The number of hydrogen-bond acceptors (Lipinski definition) is 3. The van der Waals surface area contributed by atoms with Crippen molar-refractivity contribution in [3.8, 4) is 0 Å². The summed E-state index contributed by atoms with van der Waals surface area (Å²) in [6, 6.07) is 0. The highest BCUT2D eigenvalue weighted by atomic mass is 79.9. The molecule has 0 spiro atoms. The Kier molecular flexibility index (Phi) is 5.00. The van der Waals surface area contributed by atoms with E-state index in [9.17, 15) is 8.78 Å². The van der Waals surface area contributed by atoms with Crippen molar-refractivity contribution in [1.82, 2.24) is 0 Å². The molecular formula is C5H6BrClF2N2O. The van der Waals surface area contributed by atoms with E-state index in [0.29, 0.717) is 0 Å². The van der Waals surface area contributed by atoms with Gasteiger partial charge in [-0.15, -0.1) is 0 Å². The van der Waals surface area contributed by atoms with Crippen molar-refractivity contribution in [3.63, 3.8) is 0 Å². The Morgan fingerprint density at radius 1 is 1.50 bits per heavy atom. The SMILES string of the molecule is N/C(OC(F)F)=C(Br)\C=C(/N)Cl. The van der Waals surface area contributed by atoms with Crippen LogP contribution in [0.1, 0.15) is 0 Å². The van der Waals surface area contributed by atoms with Crippen LogP contribution in [-0.2, 0) is 4.74 Å². The standard InChI is InChI=1S/C5H6BrClF2N2O/c6-2(1-3(7)10)4(11)12-5(8)9/h1,5H,10-11H2/b3-1-,4-2-. The molecule has 70 valence electrons. The number of ether oxygens (including phenoxy) is 1. The average Bonchev–Trinajstić information content (AvgIpc) is 1.84. The number of rotatable bonds is 3. The lowest BCUT2D eigenvalue weighted by Crippen LogP contribution is -2.08. The molecule has 0 aliphatic carbocycles. The zero-order valence-corrected chi connectivity index (χ0v) is 8.07. The normalized spacial score (nSPS) is 14.6. The summed E-state index contributed by atoms with van der Waals surface area (Å²) in [4.78, 5) is 0. The molecule has 0 heterocycles. The molecule has 3 nitrogen and oxygen atoms in total. The maximum Gasteiger partial charge on any atom is 0.388 e. The molecule has 0 aromatic carbocycles. The molecule has 0 bridgehead atoms. The molecule has 4 N–H and O–H groups in total. The smallest absolute Gasteiger partial charge is 0.388 e. The summed E-state index contributed by atoms with van der Waals surface area (Å²) in [5.74, 6) is -0.478. The van der Waals surface area contributed by atoms with Gasteiger partial charge in [-0.3, -0.25) is 0 Å². The van der Waals surface area contributed by atoms with E-state index in [1.54, 1.807) is 0 Å². The van der Waals surface area contributed by atoms with Gasteiger partial charge in [0.15, 0.2) is 0 Å². The van der Waals surface area contributed by atoms with Crippen LogP contribution in [0, 0.1) is 0 Å². The average molecular weight is 263 g/mol. The lowest BCUT2D eigenvalue weighted by molar-refractivity contribution is -0.0970. The molecule has 0 atom stereocenters. The van der Waals surface area contributed by atoms with E-state index in [0.717, 1.165) is 6.08 Å². The van der Waals surface area contributed by atoms with Crippen molar-refractivity contribution in [2.45, 2.75) is 6.61 Å². The Morgan fingerprint density at radius 2 is 2.00 bits per heavy atom. The van der Waals surface area contributed by atoms with E-state index in [4.69, 9.17) is 23.1 Å². The Labute approximate surface area is 81.1 Å². The van der Waals surface area contributed by atoms with Gasteiger partial charge in [0.05, 0.1) is 4.48 Å². The van der Waals surface area contributed by atoms with E-state index in [2.05, 4.69) is 20.7 Å². The first-order valence-electron chi connectivity index (χ1n) is 2.66. The molecular weight excluding hydrogens is 257 g/mol. The van der Waals surface area contributed by atoms with Gasteiger partial charge >= 0.3 is 6.61 Å². The quantitative estimate of drug-likeness (QED) is 0.463. The lowest BCUT2D eigenvalue weighted by Gasteiger charge is -2.04. The van der Waals surface area contributed by atoms with Gasteiger partial charge < -0.3 is 16.2 Å². The van der Waals surface area contributed by atoms with Crippen LogP contribution in [0.4, 0.5) is 8.78 Å². The van der Waals surface area contributed by atoms with Gasteiger partial charge in [-0.25, -0.2) is 0 Å². The first-order chi connectivity index (χ1) is 5.43. The highest BCUT2D eigenvalue weighted by Crippen LogP contribution is 2.15. The van der Waals surface area contributed by atoms with Crippen LogP contribution in [-0.4, -0.2) is 6.61 Å². The van der Waals surface area contributed by atoms with Crippen LogP contribution < -0.4 is 11.5 Å². The van der Waals surface area contributed by atoms with E-state index in [1.807, 2.05) is 0 Å². The fourth-order valence-electron chi connectivity index (χ4n) is 0.344. The Balaban J connectivity index is 4.37. The first kappa shape index (κ1) is 11.5. The summed E-state index contributed by atoms with van der Waals surface area (Å²) >= 11 is 8.06. The van der Waals surface area contributed by atoms with Crippen LogP contribution in [0.25, 0.3) is 0 Å². The first-order valence-corrected chi connectivity index (χ1v) is 3.83. The lowest BCUT2D eigenvalue weighted by atomic mass is 10.5. The Bertz CT molecular complexity index is 215. The maximum atomic E-state index is 11.5. The second-order valence-corrected chi connectivity index (χ2v) is 2.91. The van der Waals surface area contributed by atoms with Crippen molar-refractivity contribution in [2.24, 2.45) is 11.5 Å². The third-order valence-electron chi connectivity index (χ3n) is 0.716. The molecule has 0 radical (unpaired) electrons. The predicted molar refractivity (Wildman–Crippen MR) is 45.4 cm³/mol. The summed E-state index contributed by atoms with van der Waals surface area (Å²) < 4.78 is 27.0.